The van der Waals surface area contributed by atoms with Crippen molar-refractivity contribution < 1.29 is 19.5 Å². The second-order valence-electron chi connectivity index (χ2n) is 0.704. The van der Waals surface area contributed by atoms with Crippen LogP contribution in [0.4, 0.5) is 0 Å². The summed E-state index contributed by atoms with van der Waals surface area (Å²) in [4.78, 5) is 0. The van der Waals surface area contributed by atoms with E-state index in [1.807, 2.05) is 0 Å². The second kappa shape index (κ2) is 16.7. The summed E-state index contributed by atoms with van der Waals surface area (Å²) < 4.78 is 0. The Balaban J connectivity index is -0.0000000450. The van der Waals surface area contributed by atoms with Crippen LogP contribution >= 0.6 is 0 Å². The van der Waals surface area contributed by atoms with Gasteiger partial charge < -0.3 is 20.1 Å². The number of rotatable bonds is 1. The zero-order chi connectivity index (χ0) is 3.41. The fourth-order valence-corrected chi connectivity index (χ4v) is 0. The molecule has 0 fully saturated rings. The van der Waals surface area contributed by atoms with Gasteiger partial charge in [0.1, 0.15) is 0 Å². The van der Waals surface area contributed by atoms with Gasteiger partial charge >= 0.3 is 19.5 Å². The maximum Gasteiger partial charge on any atom is 2.00 e. The Labute approximate surface area is 58.9 Å². The van der Waals surface area contributed by atoms with Crippen molar-refractivity contribution in [1.82, 2.24) is 0 Å². The van der Waals surface area contributed by atoms with Crippen LogP contribution < -0.4 is 0 Å². The van der Waals surface area contributed by atoms with E-state index in [0.717, 1.165) is 12.2 Å². The summed E-state index contributed by atoms with van der Waals surface area (Å²) in [6.07, 6.45) is 1.13. The van der Waals surface area contributed by atoms with Crippen molar-refractivity contribution >= 4 is 12.6 Å². The molecule has 6 heavy (non-hydrogen) atoms. The molecule has 0 N–H and O–H groups in total. The zero-order valence-electron chi connectivity index (χ0n) is 4.53. The Kier molecular flexibility index (Phi) is 43.9. The predicted octanol–water partition coefficient (Wildman–Crippen LogP) is 1.39. The average Bonchev–Trinajstić information content (AvgIpc) is 1.37. The Hall–Kier alpha value is 0.973. The fraction of sp³-hybridized carbons (Fsp3) is 0.750. The third kappa shape index (κ3) is 20.2. The van der Waals surface area contributed by atoms with Crippen molar-refractivity contribution in [3.63, 3.8) is 0 Å². The first-order valence-corrected chi connectivity index (χ1v) is 2.07. The van der Waals surface area contributed by atoms with Crippen LogP contribution in [0.25, 0.3) is 0 Å². The summed E-state index contributed by atoms with van der Waals surface area (Å²) in [7, 11) is 0. The standard InChI is InChI=1S/C3H8S.CH3.Zn/c1-2-3-4;;/h4H,2-3H2,1H3;1H3;/q;-1;+2/p-1. The maximum absolute atomic E-state index is 4.55. The van der Waals surface area contributed by atoms with Crippen LogP contribution in [-0.4, -0.2) is 5.75 Å². The van der Waals surface area contributed by atoms with E-state index in [4.69, 9.17) is 0 Å². The number of hydrogen-bond donors (Lipinski definition) is 0. The molecular formula is C4H10SZn. The molecule has 0 aliphatic rings. The SMILES string of the molecule is CCC[S-].[CH3-].[Zn+2]. The van der Waals surface area contributed by atoms with E-state index in [9.17, 15) is 0 Å². The van der Waals surface area contributed by atoms with E-state index in [0.29, 0.717) is 0 Å². The molecule has 0 aliphatic heterocycles. The summed E-state index contributed by atoms with van der Waals surface area (Å²) in [6.45, 7) is 2.08. The van der Waals surface area contributed by atoms with Gasteiger partial charge in [-0.25, -0.2) is 0 Å². The van der Waals surface area contributed by atoms with Gasteiger partial charge in [-0.1, -0.05) is 13.3 Å². The first kappa shape index (κ1) is 15.8. The Morgan fingerprint density at radius 1 is 1.50 bits per heavy atom. The van der Waals surface area contributed by atoms with Crippen molar-refractivity contribution in [3.05, 3.63) is 7.43 Å². The molecule has 0 aliphatic carbocycles. The molecule has 0 spiro atoms. The van der Waals surface area contributed by atoms with Gasteiger partial charge in [0.15, 0.2) is 0 Å². The van der Waals surface area contributed by atoms with Gasteiger partial charge in [0, 0.05) is 0 Å². The van der Waals surface area contributed by atoms with Crippen LogP contribution in [0.3, 0.4) is 0 Å². The van der Waals surface area contributed by atoms with E-state index in [2.05, 4.69) is 19.6 Å². The fourth-order valence-electron chi connectivity index (χ4n) is 0. The summed E-state index contributed by atoms with van der Waals surface area (Å²) in [5, 5.41) is 0. The van der Waals surface area contributed by atoms with Crippen LogP contribution in [0.5, 0.6) is 0 Å². The van der Waals surface area contributed by atoms with Gasteiger partial charge in [0.2, 0.25) is 0 Å². The Morgan fingerprint density at radius 3 is 1.67 bits per heavy atom. The van der Waals surface area contributed by atoms with Crippen molar-refractivity contribution in [3.8, 4) is 0 Å². The molecule has 0 nitrogen and oxygen atoms in total. The Bertz CT molecular complexity index is 9.51. The van der Waals surface area contributed by atoms with Crippen molar-refractivity contribution in [1.29, 1.82) is 0 Å². The van der Waals surface area contributed by atoms with Gasteiger partial charge in [-0.15, -0.1) is 0 Å². The summed E-state index contributed by atoms with van der Waals surface area (Å²) in [5.41, 5.74) is 0. The third-order valence-corrected chi connectivity index (χ3v) is 0.612. The molecule has 0 heterocycles. The molecule has 0 atom stereocenters. The minimum absolute atomic E-state index is 0. The van der Waals surface area contributed by atoms with Crippen LogP contribution in [0.2, 0.25) is 0 Å². The normalized spacial score (nSPS) is 5.00. The average molecular weight is 156 g/mol. The van der Waals surface area contributed by atoms with E-state index < -0.39 is 0 Å². The van der Waals surface area contributed by atoms with Crippen molar-refractivity contribution in [2.24, 2.45) is 0 Å². The van der Waals surface area contributed by atoms with Gasteiger partial charge in [0.25, 0.3) is 0 Å². The third-order valence-electron chi connectivity index (χ3n) is 0.204. The van der Waals surface area contributed by atoms with Gasteiger partial charge in [-0.3, -0.25) is 0 Å². The van der Waals surface area contributed by atoms with Crippen LogP contribution in [0, 0.1) is 7.43 Å². The molecule has 0 aromatic rings. The van der Waals surface area contributed by atoms with Crippen molar-refractivity contribution in [2.45, 2.75) is 13.3 Å². The molecule has 0 aromatic heterocycles. The molecular weight excluding hydrogens is 146 g/mol. The first-order chi connectivity index (χ1) is 1.91. The smallest absolute Gasteiger partial charge is 0.793 e. The van der Waals surface area contributed by atoms with Crippen LogP contribution in [0.1, 0.15) is 13.3 Å². The molecule has 0 rings (SSSR count). The molecule has 2 heteroatoms. The molecule has 34 valence electrons. The summed E-state index contributed by atoms with van der Waals surface area (Å²) >= 11 is 4.55. The quantitative estimate of drug-likeness (QED) is 0.313. The Morgan fingerprint density at radius 2 is 1.67 bits per heavy atom. The summed E-state index contributed by atoms with van der Waals surface area (Å²) in [5.74, 6) is 0.903. The first-order valence-electron chi connectivity index (χ1n) is 1.50. The van der Waals surface area contributed by atoms with E-state index in [1.165, 1.54) is 0 Å². The summed E-state index contributed by atoms with van der Waals surface area (Å²) in [6, 6.07) is 0. The van der Waals surface area contributed by atoms with E-state index >= 15 is 0 Å². The second-order valence-corrected chi connectivity index (χ2v) is 1.11. The molecule has 0 amide bonds. The molecule has 0 aromatic carbocycles. The van der Waals surface area contributed by atoms with Crippen LogP contribution in [0.15, 0.2) is 0 Å². The number of hydrogen-bond acceptors (Lipinski definition) is 1. The van der Waals surface area contributed by atoms with E-state index in [1.54, 1.807) is 0 Å². The topological polar surface area (TPSA) is 0 Å². The maximum atomic E-state index is 4.55. The molecule has 0 radical (unpaired) electrons. The monoisotopic (exact) mass is 154 g/mol. The van der Waals surface area contributed by atoms with Gasteiger partial charge in [-0.2, -0.15) is 5.75 Å². The molecule has 0 bridgehead atoms. The van der Waals surface area contributed by atoms with Gasteiger partial charge in [-0.05, 0) is 0 Å². The minimum Gasteiger partial charge on any atom is -0.793 e. The molecule has 0 saturated carbocycles. The van der Waals surface area contributed by atoms with Crippen LogP contribution in [-0.2, 0) is 32.1 Å². The molecule has 0 saturated heterocycles. The largest absolute Gasteiger partial charge is 2.00 e. The predicted molar refractivity (Wildman–Crippen MR) is 28.9 cm³/mol. The van der Waals surface area contributed by atoms with Crippen molar-refractivity contribution in [2.75, 3.05) is 5.75 Å². The van der Waals surface area contributed by atoms with E-state index in [-0.39, 0.29) is 26.9 Å². The molecule has 0 unspecified atom stereocenters. The van der Waals surface area contributed by atoms with Gasteiger partial charge in [0.05, 0.1) is 0 Å². The zero-order valence-corrected chi connectivity index (χ0v) is 8.31. The minimum atomic E-state index is 0.